The van der Waals surface area contributed by atoms with Crippen LogP contribution in [-0.4, -0.2) is 34.3 Å². The van der Waals surface area contributed by atoms with Gasteiger partial charge in [0, 0.05) is 18.7 Å². The molecule has 3 N–H and O–H groups in total. The highest BCUT2D eigenvalue weighted by atomic mass is 16.3. The van der Waals surface area contributed by atoms with Crippen LogP contribution in [0.2, 0.25) is 0 Å². The Labute approximate surface area is 88.9 Å². The van der Waals surface area contributed by atoms with Crippen LogP contribution < -0.4 is 10.6 Å². The lowest BCUT2D eigenvalue weighted by molar-refractivity contribution is 0.198. The normalized spacial score (nSPS) is 21.0. The Hall–Kier alpha value is -1.36. The molecule has 1 unspecified atom stereocenters. The zero-order chi connectivity index (χ0) is 11.0. The average molecular weight is 208 g/mol. The number of rotatable bonds is 1. The van der Waals surface area contributed by atoms with E-state index in [2.05, 4.69) is 14.9 Å². The lowest BCUT2D eigenvalue weighted by Gasteiger charge is -2.19. The summed E-state index contributed by atoms with van der Waals surface area (Å²) < 4.78 is 0. The second kappa shape index (κ2) is 3.66. The van der Waals surface area contributed by atoms with E-state index in [1.807, 2.05) is 13.8 Å². The van der Waals surface area contributed by atoms with Crippen molar-refractivity contribution in [2.45, 2.75) is 26.4 Å². The SMILES string of the molecule is Cc1nc(N)c(C)c(N2CCC(O)C2)n1. The van der Waals surface area contributed by atoms with Crippen molar-refractivity contribution in [2.75, 3.05) is 23.7 Å². The standard InChI is InChI=1S/C10H16N4O/c1-6-9(11)12-7(2)13-10(6)14-4-3-8(15)5-14/h8,15H,3-5H2,1-2H3,(H2,11,12,13). The molecule has 1 aliphatic heterocycles. The van der Waals surface area contributed by atoms with Gasteiger partial charge in [-0.2, -0.15) is 0 Å². The summed E-state index contributed by atoms with van der Waals surface area (Å²) >= 11 is 0. The number of aliphatic hydroxyl groups excluding tert-OH is 1. The number of nitrogen functional groups attached to an aromatic ring is 1. The molecule has 1 aromatic heterocycles. The van der Waals surface area contributed by atoms with Gasteiger partial charge in [0.05, 0.1) is 6.10 Å². The molecule has 5 heteroatoms. The molecule has 2 heterocycles. The van der Waals surface area contributed by atoms with Crippen molar-refractivity contribution in [1.82, 2.24) is 9.97 Å². The Bertz CT molecular complexity index is 380. The number of hydrogen-bond acceptors (Lipinski definition) is 5. The average Bonchev–Trinajstić information content (AvgIpc) is 2.58. The second-order valence-electron chi connectivity index (χ2n) is 3.99. The fraction of sp³-hybridized carbons (Fsp3) is 0.600. The third-order valence-corrected chi connectivity index (χ3v) is 2.73. The van der Waals surface area contributed by atoms with Crippen molar-refractivity contribution >= 4 is 11.6 Å². The minimum atomic E-state index is -0.249. The highest BCUT2D eigenvalue weighted by molar-refractivity contribution is 5.56. The molecule has 0 saturated carbocycles. The maximum Gasteiger partial charge on any atom is 0.137 e. The smallest absolute Gasteiger partial charge is 0.137 e. The van der Waals surface area contributed by atoms with Crippen LogP contribution in [0.15, 0.2) is 0 Å². The number of β-amino-alcohol motifs (C(OH)–C–C–N with tert-alkyl or cyclic N) is 1. The molecule has 1 fully saturated rings. The lowest BCUT2D eigenvalue weighted by atomic mass is 10.3. The van der Waals surface area contributed by atoms with E-state index in [1.54, 1.807) is 0 Å². The van der Waals surface area contributed by atoms with Gasteiger partial charge < -0.3 is 15.7 Å². The van der Waals surface area contributed by atoms with Crippen LogP contribution >= 0.6 is 0 Å². The van der Waals surface area contributed by atoms with E-state index in [1.165, 1.54) is 0 Å². The van der Waals surface area contributed by atoms with Crippen LogP contribution in [0.5, 0.6) is 0 Å². The highest BCUT2D eigenvalue weighted by Gasteiger charge is 2.23. The Balaban J connectivity index is 2.35. The van der Waals surface area contributed by atoms with Gasteiger partial charge in [-0.1, -0.05) is 0 Å². The van der Waals surface area contributed by atoms with Gasteiger partial charge in [-0.25, -0.2) is 9.97 Å². The van der Waals surface area contributed by atoms with E-state index in [4.69, 9.17) is 5.73 Å². The van der Waals surface area contributed by atoms with E-state index >= 15 is 0 Å². The summed E-state index contributed by atoms with van der Waals surface area (Å²) in [7, 11) is 0. The molecule has 2 rings (SSSR count). The van der Waals surface area contributed by atoms with Crippen LogP contribution in [0.4, 0.5) is 11.6 Å². The summed E-state index contributed by atoms with van der Waals surface area (Å²) in [6.07, 6.45) is 0.545. The predicted molar refractivity (Wildman–Crippen MR) is 58.8 cm³/mol. The molecule has 15 heavy (non-hydrogen) atoms. The maximum atomic E-state index is 9.47. The van der Waals surface area contributed by atoms with Crippen molar-refractivity contribution < 1.29 is 5.11 Å². The number of aromatic nitrogens is 2. The van der Waals surface area contributed by atoms with Crippen LogP contribution in [-0.2, 0) is 0 Å². The van der Waals surface area contributed by atoms with E-state index in [9.17, 15) is 5.11 Å². The van der Waals surface area contributed by atoms with Crippen molar-refractivity contribution in [3.8, 4) is 0 Å². The zero-order valence-electron chi connectivity index (χ0n) is 9.06. The number of aliphatic hydroxyl groups is 1. The predicted octanol–water partition coefficient (Wildman–Crippen LogP) is 0.247. The molecule has 1 aromatic rings. The topological polar surface area (TPSA) is 75.3 Å². The molecule has 1 aliphatic rings. The maximum absolute atomic E-state index is 9.47. The van der Waals surface area contributed by atoms with Gasteiger partial charge in [-0.3, -0.25) is 0 Å². The van der Waals surface area contributed by atoms with E-state index in [-0.39, 0.29) is 6.10 Å². The molecule has 0 amide bonds. The van der Waals surface area contributed by atoms with Crippen LogP contribution in [0.25, 0.3) is 0 Å². The number of nitrogens with two attached hydrogens (primary N) is 1. The number of aryl methyl sites for hydroxylation is 1. The first-order chi connectivity index (χ1) is 7.08. The van der Waals surface area contributed by atoms with E-state index in [0.717, 1.165) is 24.3 Å². The number of anilines is 2. The first-order valence-corrected chi connectivity index (χ1v) is 5.11. The summed E-state index contributed by atoms with van der Waals surface area (Å²) in [4.78, 5) is 10.5. The quantitative estimate of drug-likeness (QED) is 0.691. The Morgan fingerprint density at radius 2 is 2.13 bits per heavy atom. The summed E-state index contributed by atoms with van der Waals surface area (Å²) in [5.74, 6) is 2.06. The number of nitrogens with zero attached hydrogens (tertiary/aromatic N) is 3. The van der Waals surface area contributed by atoms with Gasteiger partial charge in [-0.05, 0) is 20.3 Å². The summed E-state index contributed by atoms with van der Waals surface area (Å²) in [5.41, 5.74) is 6.68. The summed E-state index contributed by atoms with van der Waals surface area (Å²) in [5, 5.41) is 9.47. The van der Waals surface area contributed by atoms with Crippen molar-refractivity contribution in [1.29, 1.82) is 0 Å². The molecule has 1 atom stereocenters. The van der Waals surface area contributed by atoms with Crippen molar-refractivity contribution in [2.24, 2.45) is 0 Å². The first-order valence-electron chi connectivity index (χ1n) is 5.11. The molecular formula is C10H16N4O. The van der Waals surface area contributed by atoms with Crippen LogP contribution in [0, 0.1) is 13.8 Å². The fourth-order valence-electron chi connectivity index (χ4n) is 1.88. The Kier molecular flexibility index (Phi) is 2.48. The molecule has 0 radical (unpaired) electrons. The van der Waals surface area contributed by atoms with Crippen molar-refractivity contribution in [3.63, 3.8) is 0 Å². The van der Waals surface area contributed by atoms with Gasteiger partial charge >= 0.3 is 0 Å². The minimum Gasteiger partial charge on any atom is -0.391 e. The van der Waals surface area contributed by atoms with Crippen LogP contribution in [0.1, 0.15) is 17.8 Å². The van der Waals surface area contributed by atoms with Gasteiger partial charge in [0.25, 0.3) is 0 Å². The molecule has 5 nitrogen and oxygen atoms in total. The molecule has 0 aromatic carbocycles. The largest absolute Gasteiger partial charge is 0.391 e. The highest BCUT2D eigenvalue weighted by Crippen LogP contribution is 2.24. The van der Waals surface area contributed by atoms with E-state index in [0.29, 0.717) is 18.2 Å². The molecule has 0 bridgehead atoms. The summed E-state index contributed by atoms with van der Waals surface area (Å²) in [6, 6.07) is 0. The molecule has 82 valence electrons. The Morgan fingerprint density at radius 3 is 2.73 bits per heavy atom. The molecule has 0 spiro atoms. The summed E-state index contributed by atoms with van der Waals surface area (Å²) in [6.45, 7) is 5.20. The van der Waals surface area contributed by atoms with Gasteiger partial charge in [-0.15, -0.1) is 0 Å². The van der Waals surface area contributed by atoms with Gasteiger partial charge in [0.15, 0.2) is 0 Å². The van der Waals surface area contributed by atoms with Gasteiger partial charge in [0.1, 0.15) is 17.5 Å². The third kappa shape index (κ3) is 1.87. The van der Waals surface area contributed by atoms with Gasteiger partial charge in [0.2, 0.25) is 0 Å². The van der Waals surface area contributed by atoms with E-state index < -0.39 is 0 Å². The lowest BCUT2D eigenvalue weighted by Crippen LogP contribution is -2.24. The molecule has 1 saturated heterocycles. The molecule has 0 aliphatic carbocycles. The van der Waals surface area contributed by atoms with Crippen molar-refractivity contribution in [3.05, 3.63) is 11.4 Å². The van der Waals surface area contributed by atoms with Crippen LogP contribution in [0.3, 0.4) is 0 Å². The fourth-order valence-corrected chi connectivity index (χ4v) is 1.88. The Morgan fingerprint density at radius 1 is 1.40 bits per heavy atom. The monoisotopic (exact) mass is 208 g/mol. The first kappa shape index (κ1) is 10.2. The second-order valence-corrected chi connectivity index (χ2v) is 3.99. The zero-order valence-corrected chi connectivity index (χ0v) is 9.06. The molecular weight excluding hydrogens is 192 g/mol. The minimum absolute atomic E-state index is 0.249. The number of hydrogen-bond donors (Lipinski definition) is 2. The third-order valence-electron chi connectivity index (χ3n) is 2.73.